The van der Waals surface area contributed by atoms with Crippen molar-refractivity contribution in [3.63, 3.8) is 0 Å². The van der Waals surface area contributed by atoms with Crippen LogP contribution in [-0.2, 0) is 4.79 Å². The summed E-state index contributed by atoms with van der Waals surface area (Å²) in [5.41, 5.74) is 0.0109. The van der Waals surface area contributed by atoms with E-state index in [1.54, 1.807) is 6.92 Å². The largest absolute Gasteiger partial charge is 0.481 e. The minimum Gasteiger partial charge on any atom is -0.481 e. The van der Waals surface area contributed by atoms with Gasteiger partial charge in [-0.1, -0.05) is 13.0 Å². The number of carbonyl (C=O) groups excluding carboxylic acids is 1. The summed E-state index contributed by atoms with van der Waals surface area (Å²) in [6, 6.07) is 5.40. The molecule has 1 amide bonds. The van der Waals surface area contributed by atoms with Gasteiger partial charge in [-0.25, -0.2) is 0 Å². The molecule has 1 rings (SSSR count). The molecule has 1 aromatic carbocycles. The van der Waals surface area contributed by atoms with Gasteiger partial charge in [-0.3, -0.25) is 19.7 Å². The third-order valence-corrected chi connectivity index (χ3v) is 2.89. The van der Waals surface area contributed by atoms with Crippen LogP contribution < -0.4 is 0 Å². The van der Waals surface area contributed by atoms with Gasteiger partial charge in [0, 0.05) is 30.8 Å². The third kappa shape index (κ3) is 3.78. The molecule has 0 bridgehead atoms. The van der Waals surface area contributed by atoms with E-state index in [0.717, 1.165) is 0 Å². The predicted molar refractivity (Wildman–Crippen MR) is 71.5 cm³/mol. The molecule has 0 spiro atoms. The second kappa shape index (κ2) is 6.65. The van der Waals surface area contributed by atoms with Gasteiger partial charge < -0.3 is 10.0 Å². The maximum Gasteiger partial charge on any atom is 0.308 e. The molecule has 0 aliphatic heterocycles. The van der Waals surface area contributed by atoms with Crippen LogP contribution in [0.2, 0.25) is 0 Å². The maximum atomic E-state index is 12.2. The normalized spacial score (nSPS) is 11.7. The topological polar surface area (TPSA) is 101 Å². The Hall–Kier alpha value is -2.44. The summed E-state index contributed by atoms with van der Waals surface area (Å²) in [7, 11) is 0. The van der Waals surface area contributed by atoms with E-state index in [0.29, 0.717) is 6.54 Å². The van der Waals surface area contributed by atoms with E-state index >= 15 is 0 Å². The molecule has 0 aliphatic carbocycles. The lowest BCUT2D eigenvalue weighted by molar-refractivity contribution is -0.384. The average molecular weight is 280 g/mol. The molecular formula is C13H16N2O5. The minimum atomic E-state index is -0.990. The van der Waals surface area contributed by atoms with Crippen LogP contribution in [0.1, 0.15) is 24.2 Å². The zero-order chi connectivity index (χ0) is 15.3. The van der Waals surface area contributed by atoms with E-state index < -0.39 is 22.7 Å². The standard InChI is InChI=1S/C13H16N2O5/c1-3-14(8-9(2)13(17)18)12(16)10-5-4-6-11(7-10)15(19)20/h4-7,9H,3,8H2,1-2H3,(H,17,18). The third-order valence-electron chi connectivity index (χ3n) is 2.89. The van der Waals surface area contributed by atoms with Crippen LogP contribution in [0.15, 0.2) is 24.3 Å². The first-order valence-electron chi connectivity index (χ1n) is 6.13. The Kier molecular flexibility index (Phi) is 5.19. The highest BCUT2D eigenvalue weighted by molar-refractivity contribution is 5.95. The summed E-state index contributed by atoms with van der Waals surface area (Å²) in [5.74, 6) is -2.10. The quantitative estimate of drug-likeness (QED) is 0.632. The van der Waals surface area contributed by atoms with Crippen molar-refractivity contribution in [1.29, 1.82) is 0 Å². The summed E-state index contributed by atoms with van der Waals surface area (Å²) < 4.78 is 0. The zero-order valence-corrected chi connectivity index (χ0v) is 11.3. The Morgan fingerprint density at radius 1 is 1.45 bits per heavy atom. The highest BCUT2D eigenvalue weighted by Crippen LogP contribution is 2.15. The fourth-order valence-electron chi connectivity index (χ4n) is 1.70. The fraction of sp³-hybridized carbons (Fsp3) is 0.385. The molecule has 7 heteroatoms. The van der Waals surface area contributed by atoms with Gasteiger partial charge in [-0.15, -0.1) is 0 Å². The molecule has 1 unspecified atom stereocenters. The molecule has 108 valence electrons. The van der Waals surface area contributed by atoms with Gasteiger partial charge in [0.05, 0.1) is 10.8 Å². The number of aliphatic carboxylic acids is 1. The predicted octanol–water partition coefficient (Wildman–Crippen LogP) is 1.78. The van der Waals surface area contributed by atoms with Gasteiger partial charge in [0.25, 0.3) is 11.6 Å². The number of amides is 1. The van der Waals surface area contributed by atoms with Gasteiger partial charge in [0.1, 0.15) is 0 Å². The number of nitro benzene ring substituents is 1. The smallest absolute Gasteiger partial charge is 0.308 e. The number of hydrogen-bond acceptors (Lipinski definition) is 4. The highest BCUT2D eigenvalue weighted by Gasteiger charge is 2.21. The Labute approximate surface area is 116 Å². The van der Waals surface area contributed by atoms with E-state index in [1.807, 2.05) is 0 Å². The Balaban J connectivity index is 2.93. The number of rotatable bonds is 6. The van der Waals surface area contributed by atoms with Crippen molar-refractivity contribution in [2.24, 2.45) is 5.92 Å². The Bertz CT molecular complexity index is 529. The molecule has 0 heterocycles. The lowest BCUT2D eigenvalue weighted by atomic mass is 10.1. The molecule has 0 saturated heterocycles. The van der Waals surface area contributed by atoms with E-state index in [-0.39, 0.29) is 17.8 Å². The molecule has 0 aliphatic rings. The molecule has 0 saturated carbocycles. The van der Waals surface area contributed by atoms with Crippen molar-refractivity contribution in [2.45, 2.75) is 13.8 Å². The van der Waals surface area contributed by atoms with E-state index in [4.69, 9.17) is 5.11 Å². The zero-order valence-electron chi connectivity index (χ0n) is 11.3. The number of carboxylic acids is 1. The Morgan fingerprint density at radius 3 is 2.60 bits per heavy atom. The first kappa shape index (κ1) is 15.6. The number of non-ortho nitro benzene ring substituents is 1. The minimum absolute atomic E-state index is 0.0629. The van der Waals surface area contributed by atoms with Gasteiger partial charge in [0.15, 0.2) is 0 Å². The lowest BCUT2D eigenvalue weighted by Gasteiger charge is -2.22. The lowest BCUT2D eigenvalue weighted by Crippen LogP contribution is -2.36. The maximum absolute atomic E-state index is 12.2. The Morgan fingerprint density at radius 2 is 2.10 bits per heavy atom. The number of nitro groups is 1. The molecular weight excluding hydrogens is 264 g/mol. The molecule has 20 heavy (non-hydrogen) atoms. The summed E-state index contributed by atoms with van der Waals surface area (Å²) >= 11 is 0. The van der Waals surface area contributed by atoms with E-state index in [1.165, 1.54) is 36.1 Å². The monoisotopic (exact) mass is 280 g/mol. The van der Waals surface area contributed by atoms with Crippen LogP contribution in [-0.4, -0.2) is 39.9 Å². The summed E-state index contributed by atoms with van der Waals surface area (Å²) in [5, 5.41) is 19.6. The van der Waals surface area contributed by atoms with Crippen LogP contribution in [0.25, 0.3) is 0 Å². The summed E-state index contributed by atoms with van der Waals surface area (Å²) in [6.07, 6.45) is 0. The van der Waals surface area contributed by atoms with Crippen molar-refractivity contribution in [2.75, 3.05) is 13.1 Å². The second-order valence-corrected chi connectivity index (χ2v) is 4.39. The van der Waals surface area contributed by atoms with Crippen LogP contribution in [0.4, 0.5) is 5.69 Å². The molecule has 0 fully saturated rings. The molecule has 1 N–H and O–H groups in total. The highest BCUT2D eigenvalue weighted by atomic mass is 16.6. The van der Waals surface area contributed by atoms with Crippen molar-refractivity contribution in [3.05, 3.63) is 39.9 Å². The number of carbonyl (C=O) groups is 2. The SMILES string of the molecule is CCN(CC(C)C(=O)O)C(=O)c1cccc([N+](=O)[O-])c1. The summed E-state index contributed by atoms with van der Waals surface area (Å²) in [6.45, 7) is 3.63. The van der Waals surface area contributed by atoms with E-state index in [2.05, 4.69) is 0 Å². The molecule has 0 radical (unpaired) electrons. The number of nitrogens with zero attached hydrogens (tertiary/aromatic N) is 2. The average Bonchev–Trinajstić information content (AvgIpc) is 2.43. The molecule has 7 nitrogen and oxygen atoms in total. The summed E-state index contributed by atoms with van der Waals surface area (Å²) in [4.78, 5) is 34.5. The first-order valence-corrected chi connectivity index (χ1v) is 6.13. The second-order valence-electron chi connectivity index (χ2n) is 4.39. The van der Waals surface area contributed by atoms with Crippen molar-refractivity contribution in [3.8, 4) is 0 Å². The van der Waals surface area contributed by atoms with Crippen molar-refractivity contribution < 1.29 is 19.6 Å². The molecule has 1 aromatic rings. The number of benzene rings is 1. The van der Waals surface area contributed by atoms with Gasteiger partial charge >= 0.3 is 5.97 Å². The van der Waals surface area contributed by atoms with Crippen LogP contribution in [0.5, 0.6) is 0 Å². The van der Waals surface area contributed by atoms with Gasteiger partial charge in [0.2, 0.25) is 0 Å². The van der Waals surface area contributed by atoms with Gasteiger partial charge in [-0.05, 0) is 13.0 Å². The van der Waals surface area contributed by atoms with Crippen molar-refractivity contribution >= 4 is 17.6 Å². The fourth-order valence-corrected chi connectivity index (χ4v) is 1.70. The van der Waals surface area contributed by atoms with Gasteiger partial charge in [-0.2, -0.15) is 0 Å². The molecule has 0 aromatic heterocycles. The first-order chi connectivity index (χ1) is 9.36. The number of carboxylic acid groups (broad SMARTS) is 1. The number of hydrogen-bond donors (Lipinski definition) is 1. The van der Waals surface area contributed by atoms with E-state index in [9.17, 15) is 19.7 Å². The van der Waals surface area contributed by atoms with Crippen LogP contribution in [0.3, 0.4) is 0 Å². The molecule has 1 atom stereocenters. The van der Waals surface area contributed by atoms with Crippen LogP contribution in [0, 0.1) is 16.0 Å². The van der Waals surface area contributed by atoms with Crippen LogP contribution >= 0.6 is 0 Å². The van der Waals surface area contributed by atoms with Crippen molar-refractivity contribution in [1.82, 2.24) is 4.90 Å².